The van der Waals surface area contributed by atoms with Gasteiger partial charge in [-0.3, -0.25) is 0 Å². The van der Waals surface area contributed by atoms with Crippen molar-refractivity contribution in [1.82, 2.24) is 0 Å². The van der Waals surface area contributed by atoms with Crippen molar-refractivity contribution in [2.24, 2.45) is 17.3 Å². The molecular weight excluding hydrogens is 288 g/mol. The molecule has 3 rings (SSSR count). The summed E-state index contributed by atoms with van der Waals surface area (Å²) in [7, 11) is 0. The predicted octanol–water partition coefficient (Wildman–Crippen LogP) is 4.79. The van der Waals surface area contributed by atoms with Gasteiger partial charge in [-0.2, -0.15) is 0 Å². The smallest absolute Gasteiger partial charge is 0.121 e. The van der Waals surface area contributed by atoms with Crippen LogP contribution in [0.1, 0.15) is 79.6 Å². The first kappa shape index (κ1) is 17.4. The Morgan fingerprint density at radius 3 is 2.48 bits per heavy atom. The highest BCUT2D eigenvalue weighted by Crippen LogP contribution is 2.58. The molecule has 0 aromatic heterocycles. The fourth-order valence-electron chi connectivity index (χ4n) is 5.18. The van der Waals surface area contributed by atoms with E-state index in [9.17, 15) is 5.11 Å². The molecule has 3 heteroatoms. The normalized spacial score (nSPS) is 45.3. The SMILES string of the molecule is CC1=CC[C@]2(C)CC[C@H](C3(C)CCC(C(C)(C)O)OO3)[C@H]2CC1. The van der Waals surface area contributed by atoms with E-state index in [4.69, 9.17) is 9.78 Å². The van der Waals surface area contributed by atoms with Gasteiger partial charge in [0.1, 0.15) is 11.7 Å². The van der Waals surface area contributed by atoms with Crippen LogP contribution in [-0.4, -0.2) is 22.4 Å². The molecule has 0 amide bonds. The summed E-state index contributed by atoms with van der Waals surface area (Å²) in [6, 6.07) is 0. The summed E-state index contributed by atoms with van der Waals surface area (Å²) in [5.41, 5.74) is 0.923. The molecule has 5 atom stereocenters. The Balaban J connectivity index is 1.73. The van der Waals surface area contributed by atoms with Gasteiger partial charge in [-0.1, -0.05) is 18.6 Å². The van der Waals surface area contributed by atoms with Crippen molar-refractivity contribution < 1.29 is 14.9 Å². The van der Waals surface area contributed by atoms with E-state index in [0.717, 1.165) is 12.8 Å². The van der Waals surface area contributed by atoms with Crippen LogP contribution in [0.5, 0.6) is 0 Å². The molecule has 23 heavy (non-hydrogen) atoms. The molecule has 0 aromatic carbocycles. The maximum Gasteiger partial charge on any atom is 0.121 e. The fourth-order valence-corrected chi connectivity index (χ4v) is 5.18. The highest BCUT2D eigenvalue weighted by molar-refractivity contribution is 5.11. The van der Waals surface area contributed by atoms with Crippen LogP contribution in [0.3, 0.4) is 0 Å². The van der Waals surface area contributed by atoms with E-state index in [2.05, 4.69) is 26.8 Å². The third kappa shape index (κ3) is 3.25. The average Bonchev–Trinajstić information content (AvgIpc) is 2.73. The molecule has 132 valence electrons. The topological polar surface area (TPSA) is 38.7 Å². The number of aliphatic hydroxyl groups is 1. The molecule has 1 heterocycles. The van der Waals surface area contributed by atoms with Crippen LogP contribution in [0.15, 0.2) is 11.6 Å². The van der Waals surface area contributed by atoms with Crippen LogP contribution in [0.4, 0.5) is 0 Å². The average molecular weight is 322 g/mol. The molecule has 3 nitrogen and oxygen atoms in total. The first-order valence-electron chi connectivity index (χ1n) is 9.37. The van der Waals surface area contributed by atoms with E-state index in [1.807, 2.05) is 0 Å². The molecule has 0 spiro atoms. The Labute approximate surface area is 141 Å². The van der Waals surface area contributed by atoms with E-state index in [0.29, 0.717) is 17.3 Å². The van der Waals surface area contributed by atoms with Gasteiger partial charge in [0.05, 0.1) is 5.60 Å². The van der Waals surface area contributed by atoms with Crippen molar-refractivity contribution in [3.63, 3.8) is 0 Å². The van der Waals surface area contributed by atoms with E-state index in [1.165, 1.54) is 32.1 Å². The zero-order chi connectivity index (χ0) is 16.9. The molecule has 2 unspecified atom stereocenters. The van der Waals surface area contributed by atoms with Crippen molar-refractivity contribution >= 4 is 0 Å². The quantitative estimate of drug-likeness (QED) is 0.587. The van der Waals surface area contributed by atoms with Gasteiger partial charge in [-0.25, -0.2) is 9.78 Å². The van der Waals surface area contributed by atoms with Gasteiger partial charge in [-0.15, -0.1) is 0 Å². The molecule has 3 aliphatic rings. The zero-order valence-electron chi connectivity index (χ0n) is 15.5. The van der Waals surface area contributed by atoms with E-state index in [1.54, 1.807) is 19.4 Å². The minimum atomic E-state index is -0.838. The van der Waals surface area contributed by atoms with Gasteiger partial charge in [0, 0.05) is 0 Å². The monoisotopic (exact) mass is 322 g/mol. The van der Waals surface area contributed by atoms with Gasteiger partial charge < -0.3 is 5.11 Å². The first-order valence-corrected chi connectivity index (χ1v) is 9.37. The van der Waals surface area contributed by atoms with Gasteiger partial charge in [0.2, 0.25) is 0 Å². The van der Waals surface area contributed by atoms with Crippen LogP contribution in [0, 0.1) is 17.3 Å². The molecule has 2 fully saturated rings. The molecule has 1 aliphatic heterocycles. The van der Waals surface area contributed by atoms with E-state index < -0.39 is 5.60 Å². The summed E-state index contributed by atoms with van der Waals surface area (Å²) >= 11 is 0. The van der Waals surface area contributed by atoms with Crippen molar-refractivity contribution in [3.8, 4) is 0 Å². The first-order chi connectivity index (χ1) is 10.6. The van der Waals surface area contributed by atoms with Crippen molar-refractivity contribution in [2.75, 3.05) is 0 Å². The van der Waals surface area contributed by atoms with Crippen LogP contribution in [0.25, 0.3) is 0 Å². The minimum absolute atomic E-state index is 0.206. The lowest BCUT2D eigenvalue weighted by Crippen LogP contribution is -2.50. The number of rotatable bonds is 2. The maximum absolute atomic E-state index is 10.2. The summed E-state index contributed by atoms with van der Waals surface area (Å²) in [6.07, 6.45) is 10.3. The summed E-state index contributed by atoms with van der Waals surface area (Å²) < 4.78 is 0. The lowest BCUT2D eigenvalue weighted by atomic mass is 9.68. The molecule has 1 saturated heterocycles. The highest BCUT2D eigenvalue weighted by Gasteiger charge is 2.54. The summed E-state index contributed by atoms with van der Waals surface area (Å²) in [4.78, 5) is 11.6. The lowest BCUT2D eigenvalue weighted by molar-refractivity contribution is -0.433. The molecule has 1 N–H and O–H groups in total. The second-order valence-corrected chi connectivity index (χ2v) is 9.37. The Kier molecular flexibility index (Phi) is 4.44. The van der Waals surface area contributed by atoms with Crippen molar-refractivity contribution in [2.45, 2.75) is 96.9 Å². The van der Waals surface area contributed by atoms with Gasteiger partial charge in [-0.05, 0) is 89.9 Å². The minimum Gasteiger partial charge on any atom is -0.388 e. The maximum atomic E-state index is 10.2. The number of fused-ring (bicyclic) bond motifs is 1. The zero-order valence-corrected chi connectivity index (χ0v) is 15.5. The van der Waals surface area contributed by atoms with E-state index in [-0.39, 0.29) is 11.7 Å². The number of hydrogen-bond donors (Lipinski definition) is 1. The molecule has 2 aliphatic carbocycles. The van der Waals surface area contributed by atoms with Crippen LogP contribution < -0.4 is 0 Å². The second-order valence-electron chi connectivity index (χ2n) is 9.37. The largest absolute Gasteiger partial charge is 0.388 e. The van der Waals surface area contributed by atoms with Crippen LogP contribution in [-0.2, 0) is 9.78 Å². The van der Waals surface area contributed by atoms with Gasteiger partial charge in [0.25, 0.3) is 0 Å². The standard InChI is InChI=1S/C20H34O3/c1-14-6-7-15-16(9-12-19(15,4)11-8-14)20(5)13-10-17(22-23-20)18(2,3)21/h8,15-17,21H,6-7,9-13H2,1-5H3/t15-,16+,17?,19-,20?/m1/s1. The second kappa shape index (κ2) is 5.86. The lowest BCUT2D eigenvalue weighted by Gasteiger charge is -2.46. The number of allylic oxidation sites excluding steroid dienone is 2. The van der Waals surface area contributed by atoms with Crippen LogP contribution in [0.2, 0.25) is 0 Å². The van der Waals surface area contributed by atoms with Crippen LogP contribution >= 0.6 is 0 Å². The van der Waals surface area contributed by atoms with Gasteiger partial charge in [0.15, 0.2) is 0 Å². The van der Waals surface area contributed by atoms with E-state index >= 15 is 0 Å². The predicted molar refractivity (Wildman–Crippen MR) is 91.8 cm³/mol. The Hall–Kier alpha value is -0.380. The molecular formula is C20H34O3. The number of hydrogen-bond acceptors (Lipinski definition) is 3. The van der Waals surface area contributed by atoms with Gasteiger partial charge >= 0.3 is 0 Å². The molecule has 0 radical (unpaired) electrons. The third-order valence-electron chi connectivity index (χ3n) is 7.00. The Morgan fingerprint density at radius 2 is 1.87 bits per heavy atom. The Bertz CT molecular complexity index is 468. The summed E-state index contributed by atoms with van der Waals surface area (Å²) in [6.45, 7) is 10.6. The third-order valence-corrected chi connectivity index (χ3v) is 7.00. The molecule has 1 saturated carbocycles. The Morgan fingerprint density at radius 1 is 1.13 bits per heavy atom. The van der Waals surface area contributed by atoms with Crippen molar-refractivity contribution in [1.29, 1.82) is 0 Å². The summed E-state index contributed by atoms with van der Waals surface area (Å²) in [5, 5.41) is 10.2. The molecule has 0 aromatic rings. The summed E-state index contributed by atoms with van der Waals surface area (Å²) in [5.74, 6) is 1.28. The van der Waals surface area contributed by atoms with Crippen molar-refractivity contribution in [3.05, 3.63) is 11.6 Å². The highest BCUT2D eigenvalue weighted by atomic mass is 17.2. The fraction of sp³-hybridized carbons (Fsp3) is 0.900. The molecule has 0 bridgehead atoms.